The highest BCUT2D eigenvalue weighted by Gasteiger charge is 2.12. The van der Waals surface area contributed by atoms with Gasteiger partial charge in [-0.3, -0.25) is 4.79 Å². The van der Waals surface area contributed by atoms with E-state index in [-0.39, 0.29) is 18.4 Å². The topological polar surface area (TPSA) is 66.8 Å². The summed E-state index contributed by atoms with van der Waals surface area (Å²) in [6.45, 7) is 6.35. The van der Waals surface area contributed by atoms with Crippen molar-refractivity contribution in [2.24, 2.45) is 5.92 Å². The molecule has 4 nitrogen and oxygen atoms in total. The highest BCUT2D eigenvalue weighted by atomic mass is 16.5. The molecule has 0 bridgehead atoms. The van der Waals surface area contributed by atoms with Gasteiger partial charge in [0.15, 0.2) is 0 Å². The molecule has 3 atom stereocenters. The number of unbranched alkanes of at least 4 members (excludes halogenated alkanes) is 2. The van der Waals surface area contributed by atoms with Crippen LogP contribution in [0.25, 0.3) is 0 Å². The maximum Gasteiger partial charge on any atom is 0.293 e. The van der Waals surface area contributed by atoms with Gasteiger partial charge in [-0.05, 0) is 30.9 Å². The molecule has 0 radical (unpaired) electrons. The van der Waals surface area contributed by atoms with E-state index < -0.39 is 12.2 Å². The fourth-order valence-electron chi connectivity index (χ4n) is 1.72. The second-order valence-corrected chi connectivity index (χ2v) is 5.38. The Labute approximate surface area is 122 Å². The van der Waals surface area contributed by atoms with Gasteiger partial charge >= 0.3 is 0 Å². The summed E-state index contributed by atoms with van der Waals surface area (Å²) in [6.07, 6.45) is 5.82. The van der Waals surface area contributed by atoms with E-state index in [1.54, 1.807) is 6.08 Å². The molecule has 0 heterocycles. The Kier molecular flexibility index (Phi) is 11.1. The maximum atomic E-state index is 10.4. The molecule has 20 heavy (non-hydrogen) atoms. The van der Waals surface area contributed by atoms with Crippen molar-refractivity contribution in [3.63, 3.8) is 0 Å². The van der Waals surface area contributed by atoms with E-state index in [0.29, 0.717) is 6.47 Å². The van der Waals surface area contributed by atoms with Gasteiger partial charge in [0.25, 0.3) is 6.47 Å². The van der Waals surface area contributed by atoms with Crippen LogP contribution in [0.2, 0.25) is 0 Å². The van der Waals surface area contributed by atoms with Crippen molar-refractivity contribution in [1.29, 1.82) is 0 Å². The molecule has 0 saturated carbocycles. The molecule has 0 rings (SSSR count). The molecular weight excluding hydrogens is 256 g/mol. The van der Waals surface area contributed by atoms with Crippen LogP contribution < -0.4 is 0 Å². The Bertz CT molecular complexity index is 306. The molecule has 0 spiro atoms. The molecule has 0 unspecified atom stereocenters. The lowest BCUT2D eigenvalue weighted by Crippen LogP contribution is -2.20. The van der Waals surface area contributed by atoms with Gasteiger partial charge in [0.2, 0.25) is 0 Å². The Morgan fingerprint density at radius 3 is 2.45 bits per heavy atom. The third-order valence-corrected chi connectivity index (χ3v) is 3.15. The second kappa shape index (κ2) is 11.7. The number of rotatable bonds is 11. The van der Waals surface area contributed by atoms with Crippen LogP contribution in [0.4, 0.5) is 0 Å². The van der Waals surface area contributed by atoms with Crippen molar-refractivity contribution < 1.29 is 19.7 Å². The predicted molar refractivity (Wildman–Crippen MR) is 79.2 cm³/mol. The zero-order chi connectivity index (χ0) is 15.4. The molecule has 0 saturated heterocycles. The summed E-state index contributed by atoms with van der Waals surface area (Å²) in [5.41, 5.74) is 2.85. The lowest BCUT2D eigenvalue weighted by atomic mass is 10.0. The number of carbonyl (C=O) groups excluding carboxylic acids is 1. The first-order chi connectivity index (χ1) is 9.51. The summed E-state index contributed by atoms with van der Waals surface area (Å²) < 4.78 is 4.94. The van der Waals surface area contributed by atoms with Crippen LogP contribution in [0.5, 0.6) is 0 Å². The standard InChI is InChI=1S/C16H28O4/c1-4-5-6-9-15(20-12-17)10-7-8-14(18)11-16(19)13(2)3/h8,10,12-16,18-19H,4-6,9,11H2,1-3H3/t7?,14-,15-,16-/m1/s1. The molecule has 0 aromatic heterocycles. The summed E-state index contributed by atoms with van der Waals surface area (Å²) in [5, 5.41) is 19.4. The Hall–Kier alpha value is -1.09. The highest BCUT2D eigenvalue weighted by Crippen LogP contribution is 2.10. The van der Waals surface area contributed by atoms with Crippen LogP contribution >= 0.6 is 0 Å². The van der Waals surface area contributed by atoms with Crippen LogP contribution in [0, 0.1) is 5.92 Å². The van der Waals surface area contributed by atoms with E-state index in [1.807, 2.05) is 13.8 Å². The number of hydrogen-bond acceptors (Lipinski definition) is 4. The molecule has 0 aliphatic heterocycles. The number of aliphatic hydroxyl groups is 2. The molecule has 0 fully saturated rings. The third kappa shape index (κ3) is 9.79. The Balaban J connectivity index is 4.29. The molecule has 116 valence electrons. The van der Waals surface area contributed by atoms with Gasteiger partial charge in [0.05, 0.1) is 12.2 Å². The number of carbonyl (C=O) groups is 1. The van der Waals surface area contributed by atoms with Gasteiger partial charge in [-0.25, -0.2) is 0 Å². The summed E-state index contributed by atoms with van der Waals surface area (Å²) in [6, 6.07) is 0. The maximum absolute atomic E-state index is 10.4. The summed E-state index contributed by atoms with van der Waals surface area (Å²) in [7, 11) is 0. The first kappa shape index (κ1) is 18.9. The molecule has 0 aromatic rings. The van der Waals surface area contributed by atoms with Crippen molar-refractivity contribution in [3.8, 4) is 0 Å². The molecule has 4 heteroatoms. The minimum Gasteiger partial charge on any atom is -0.460 e. The van der Waals surface area contributed by atoms with Gasteiger partial charge in [0, 0.05) is 6.42 Å². The van der Waals surface area contributed by atoms with Crippen LogP contribution in [-0.4, -0.2) is 35.0 Å². The number of hydrogen-bond donors (Lipinski definition) is 2. The second-order valence-electron chi connectivity index (χ2n) is 5.38. The van der Waals surface area contributed by atoms with Crippen molar-refractivity contribution in [3.05, 3.63) is 17.9 Å². The molecule has 0 amide bonds. The zero-order valence-corrected chi connectivity index (χ0v) is 12.8. The monoisotopic (exact) mass is 284 g/mol. The van der Waals surface area contributed by atoms with Crippen molar-refractivity contribution in [2.45, 2.75) is 71.2 Å². The van der Waals surface area contributed by atoms with Gasteiger partial charge in [-0.15, -0.1) is 5.73 Å². The first-order valence-corrected chi connectivity index (χ1v) is 7.39. The van der Waals surface area contributed by atoms with E-state index in [0.717, 1.165) is 25.7 Å². The smallest absolute Gasteiger partial charge is 0.293 e. The van der Waals surface area contributed by atoms with E-state index in [2.05, 4.69) is 12.7 Å². The van der Waals surface area contributed by atoms with Gasteiger partial charge < -0.3 is 14.9 Å². The van der Waals surface area contributed by atoms with Crippen LogP contribution in [0.15, 0.2) is 17.9 Å². The average Bonchev–Trinajstić information content (AvgIpc) is 2.38. The minimum atomic E-state index is -0.740. The third-order valence-electron chi connectivity index (χ3n) is 3.15. The SMILES string of the molecule is CCCCC[C@H](C=C=C[C@@H](O)C[C@@H](O)C(C)C)OC=O. The first-order valence-electron chi connectivity index (χ1n) is 7.39. The molecule has 0 aromatic carbocycles. The fourth-order valence-corrected chi connectivity index (χ4v) is 1.72. The van der Waals surface area contributed by atoms with Gasteiger partial charge in [-0.1, -0.05) is 33.6 Å². The minimum absolute atomic E-state index is 0.113. The summed E-state index contributed by atoms with van der Waals surface area (Å²) in [4.78, 5) is 10.4. The number of ether oxygens (including phenoxy) is 1. The van der Waals surface area contributed by atoms with Crippen molar-refractivity contribution in [2.75, 3.05) is 0 Å². The Morgan fingerprint density at radius 2 is 1.90 bits per heavy atom. The molecule has 0 aliphatic rings. The molecule has 0 aliphatic carbocycles. The Morgan fingerprint density at radius 1 is 1.20 bits per heavy atom. The normalized spacial score (nSPS) is 15.1. The molecular formula is C16H28O4. The lowest BCUT2D eigenvalue weighted by molar-refractivity contribution is -0.131. The average molecular weight is 284 g/mol. The van der Waals surface area contributed by atoms with E-state index in [4.69, 9.17) is 4.74 Å². The number of aliphatic hydroxyl groups excluding tert-OH is 2. The van der Waals surface area contributed by atoms with Gasteiger partial charge in [0.1, 0.15) is 6.10 Å². The highest BCUT2D eigenvalue weighted by molar-refractivity contribution is 5.37. The quantitative estimate of drug-likeness (QED) is 0.348. The predicted octanol–water partition coefficient (Wildman–Crippen LogP) is 2.59. The zero-order valence-electron chi connectivity index (χ0n) is 12.8. The van der Waals surface area contributed by atoms with Crippen molar-refractivity contribution >= 4 is 6.47 Å². The van der Waals surface area contributed by atoms with Crippen molar-refractivity contribution in [1.82, 2.24) is 0 Å². The lowest BCUT2D eigenvalue weighted by Gasteiger charge is -2.15. The summed E-state index contributed by atoms with van der Waals surface area (Å²) >= 11 is 0. The van der Waals surface area contributed by atoms with Gasteiger partial charge in [-0.2, -0.15) is 0 Å². The van der Waals surface area contributed by atoms with Crippen LogP contribution in [-0.2, 0) is 9.53 Å². The van der Waals surface area contributed by atoms with Crippen LogP contribution in [0.3, 0.4) is 0 Å². The van der Waals surface area contributed by atoms with E-state index in [1.165, 1.54) is 6.08 Å². The van der Waals surface area contributed by atoms with E-state index >= 15 is 0 Å². The molecule has 2 N–H and O–H groups in total. The summed E-state index contributed by atoms with van der Waals surface area (Å²) in [5.74, 6) is 0.113. The largest absolute Gasteiger partial charge is 0.460 e. The van der Waals surface area contributed by atoms with Crippen LogP contribution in [0.1, 0.15) is 52.9 Å². The fraction of sp³-hybridized carbons (Fsp3) is 0.750. The van der Waals surface area contributed by atoms with E-state index in [9.17, 15) is 15.0 Å².